The van der Waals surface area contributed by atoms with Crippen LogP contribution in [0.3, 0.4) is 0 Å². The minimum absolute atomic E-state index is 0.0266. The predicted molar refractivity (Wildman–Crippen MR) is 91.4 cm³/mol. The molecule has 0 unspecified atom stereocenters. The number of nitrogens with zero attached hydrogens (tertiary/aromatic N) is 2. The largest absolute Gasteiger partial charge is 0.411 e. The zero-order valence-electron chi connectivity index (χ0n) is 14.3. The molecular weight excluding hydrogens is 347 g/mol. The van der Waals surface area contributed by atoms with Gasteiger partial charge in [-0.25, -0.2) is 9.18 Å². The molecule has 9 heteroatoms. The van der Waals surface area contributed by atoms with E-state index in [2.05, 4.69) is 20.8 Å². The van der Waals surface area contributed by atoms with Gasteiger partial charge in [0.2, 0.25) is 5.91 Å². The van der Waals surface area contributed by atoms with Gasteiger partial charge in [-0.05, 0) is 39.8 Å². The summed E-state index contributed by atoms with van der Waals surface area (Å²) in [4.78, 5) is 23.7. The highest BCUT2D eigenvalue weighted by Crippen LogP contribution is 2.27. The Kier molecular flexibility index (Phi) is 5.78. The number of hydrogen-bond acceptors (Lipinski definition) is 6. The maximum absolute atomic E-state index is 13.7. The second-order valence-corrected chi connectivity index (χ2v) is 7.60. The molecule has 0 bridgehead atoms. The van der Waals surface area contributed by atoms with Gasteiger partial charge in [-0.15, -0.1) is 10.2 Å². The molecule has 2 aromatic rings. The third-order valence-corrected chi connectivity index (χ3v) is 3.82. The van der Waals surface area contributed by atoms with Crippen molar-refractivity contribution < 1.29 is 18.4 Å². The van der Waals surface area contributed by atoms with Gasteiger partial charge in [-0.1, -0.05) is 23.9 Å². The van der Waals surface area contributed by atoms with E-state index in [1.165, 1.54) is 12.1 Å². The molecule has 25 heavy (non-hydrogen) atoms. The topological polar surface area (TPSA) is 97.1 Å². The Bertz CT molecular complexity index is 773. The number of urea groups is 1. The highest BCUT2D eigenvalue weighted by molar-refractivity contribution is 8.00. The Balaban J connectivity index is 1.97. The molecule has 134 valence electrons. The van der Waals surface area contributed by atoms with Crippen LogP contribution >= 0.6 is 11.8 Å². The quantitative estimate of drug-likeness (QED) is 0.808. The van der Waals surface area contributed by atoms with E-state index in [9.17, 15) is 14.0 Å². The van der Waals surface area contributed by atoms with Crippen molar-refractivity contribution in [2.24, 2.45) is 0 Å². The highest BCUT2D eigenvalue weighted by Gasteiger charge is 2.22. The smallest absolute Gasteiger partial charge is 0.321 e. The van der Waals surface area contributed by atoms with Crippen molar-refractivity contribution in [2.75, 3.05) is 0 Å². The van der Waals surface area contributed by atoms with Crippen molar-refractivity contribution in [3.8, 4) is 11.5 Å². The molecule has 0 saturated carbocycles. The van der Waals surface area contributed by atoms with Crippen molar-refractivity contribution in [1.29, 1.82) is 0 Å². The predicted octanol–water partition coefficient (Wildman–Crippen LogP) is 2.98. The second kappa shape index (κ2) is 7.64. The van der Waals surface area contributed by atoms with Gasteiger partial charge in [-0.3, -0.25) is 10.1 Å². The molecule has 0 spiro atoms. The van der Waals surface area contributed by atoms with Gasteiger partial charge in [0, 0.05) is 5.54 Å². The Hall–Kier alpha value is -2.42. The zero-order valence-corrected chi connectivity index (χ0v) is 15.1. The lowest BCUT2D eigenvalue weighted by Crippen LogP contribution is -2.49. The zero-order chi connectivity index (χ0) is 18.6. The molecule has 1 aromatic heterocycles. The van der Waals surface area contributed by atoms with Gasteiger partial charge < -0.3 is 9.73 Å². The normalized spacial score (nSPS) is 12.5. The molecule has 0 aliphatic heterocycles. The van der Waals surface area contributed by atoms with E-state index >= 15 is 0 Å². The van der Waals surface area contributed by atoms with E-state index in [0.717, 1.165) is 11.8 Å². The molecule has 0 radical (unpaired) electrons. The minimum Gasteiger partial charge on any atom is -0.411 e. The number of benzene rings is 1. The number of carbonyl (C=O) groups is 2. The van der Waals surface area contributed by atoms with Crippen LogP contribution in [0.4, 0.5) is 9.18 Å². The maximum Gasteiger partial charge on any atom is 0.321 e. The summed E-state index contributed by atoms with van der Waals surface area (Å²) in [5.41, 5.74) is -0.273. The first-order valence-electron chi connectivity index (χ1n) is 7.54. The lowest BCUT2D eigenvalue weighted by molar-refractivity contribution is -0.119. The average molecular weight is 366 g/mol. The van der Waals surface area contributed by atoms with Gasteiger partial charge in [-0.2, -0.15) is 0 Å². The highest BCUT2D eigenvalue weighted by atomic mass is 32.2. The Morgan fingerprint density at radius 3 is 2.56 bits per heavy atom. The number of halogens is 1. The number of hydrogen-bond donors (Lipinski definition) is 2. The van der Waals surface area contributed by atoms with E-state index in [0.29, 0.717) is 0 Å². The Labute approximate surface area is 148 Å². The van der Waals surface area contributed by atoms with E-state index < -0.39 is 28.5 Å². The summed E-state index contributed by atoms with van der Waals surface area (Å²) in [7, 11) is 0. The van der Waals surface area contributed by atoms with Crippen LogP contribution in [-0.4, -0.2) is 32.9 Å². The molecule has 3 amide bonds. The molecule has 0 aliphatic carbocycles. The van der Waals surface area contributed by atoms with Gasteiger partial charge >= 0.3 is 6.03 Å². The first-order valence-corrected chi connectivity index (χ1v) is 8.42. The number of aromatic nitrogens is 2. The van der Waals surface area contributed by atoms with E-state index in [-0.39, 0.29) is 16.7 Å². The fourth-order valence-corrected chi connectivity index (χ4v) is 2.47. The van der Waals surface area contributed by atoms with Crippen LogP contribution in [0.15, 0.2) is 33.9 Å². The minimum atomic E-state index is -0.653. The molecule has 0 aliphatic rings. The Morgan fingerprint density at radius 2 is 1.92 bits per heavy atom. The van der Waals surface area contributed by atoms with Crippen LogP contribution in [0.1, 0.15) is 27.7 Å². The Morgan fingerprint density at radius 1 is 1.24 bits per heavy atom. The van der Waals surface area contributed by atoms with E-state index in [1.54, 1.807) is 39.8 Å². The summed E-state index contributed by atoms with van der Waals surface area (Å²) in [6.45, 7) is 7.01. The molecule has 0 saturated heterocycles. The molecule has 1 aromatic carbocycles. The summed E-state index contributed by atoms with van der Waals surface area (Å²) < 4.78 is 19.1. The van der Waals surface area contributed by atoms with Crippen LogP contribution in [-0.2, 0) is 4.79 Å². The van der Waals surface area contributed by atoms with Crippen LogP contribution in [0.2, 0.25) is 0 Å². The van der Waals surface area contributed by atoms with E-state index in [4.69, 9.17) is 4.42 Å². The summed E-state index contributed by atoms with van der Waals surface area (Å²) in [5.74, 6) is -0.955. The second-order valence-electron chi connectivity index (χ2n) is 6.31. The van der Waals surface area contributed by atoms with Crippen LogP contribution in [0.25, 0.3) is 11.5 Å². The van der Waals surface area contributed by atoms with Gasteiger partial charge in [0.25, 0.3) is 11.1 Å². The van der Waals surface area contributed by atoms with Gasteiger partial charge in [0.05, 0.1) is 10.8 Å². The molecule has 7 nitrogen and oxygen atoms in total. The summed E-state index contributed by atoms with van der Waals surface area (Å²) in [6, 6.07) is 5.43. The molecule has 2 N–H and O–H groups in total. The summed E-state index contributed by atoms with van der Waals surface area (Å²) in [5, 5.41) is 11.9. The number of imide groups is 1. The van der Waals surface area contributed by atoms with Crippen LogP contribution in [0.5, 0.6) is 0 Å². The van der Waals surface area contributed by atoms with Crippen molar-refractivity contribution >= 4 is 23.7 Å². The van der Waals surface area contributed by atoms with Crippen molar-refractivity contribution in [1.82, 2.24) is 20.8 Å². The third kappa shape index (κ3) is 5.56. The first kappa shape index (κ1) is 18.9. The number of thioether (sulfide) groups is 1. The number of amides is 3. The van der Waals surface area contributed by atoms with Crippen LogP contribution < -0.4 is 10.6 Å². The monoisotopic (exact) mass is 366 g/mol. The molecule has 1 atom stereocenters. The lowest BCUT2D eigenvalue weighted by atomic mass is 10.1. The van der Waals surface area contributed by atoms with Gasteiger partial charge in [0.15, 0.2) is 0 Å². The van der Waals surface area contributed by atoms with E-state index in [1.807, 2.05) is 0 Å². The van der Waals surface area contributed by atoms with Crippen molar-refractivity contribution in [3.05, 3.63) is 30.1 Å². The number of carbonyl (C=O) groups excluding carboxylic acids is 2. The standard InChI is InChI=1S/C16H19FN4O3S/c1-9(12(22)18-14(23)19-16(2,3)4)25-15-21-20-13(24-15)10-7-5-6-8-11(10)17/h5-9H,1-4H3,(H2,18,19,22,23)/t9-/m1/s1. The third-order valence-electron chi connectivity index (χ3n) is 2.88. The van der Waals surface area contributed by atoms with Gasteiger partial charge in [0.1, 0.15) is 5.82 Å². The lowest BCUT2D eigenvalue weighted by Gasteiger charge is -2.20. The first-order chi connectivity index (χ1) is 11.7. The maximum atomic E-state index is 13.7. The summed E-state index contributed by atoms with van der Waals surface area (Å²) >= 11 is 0.978. The van der Waals surface area contributed by atoms with Crippen molar-refractivity contribution in [2.45, 2.75) is 43.7 Å². The number of rotatable bonds is 4. The molecule has 1 heterocycles. The van der Waals surface area contributed by atoms with Crippen LogP contribution in [0, 0.1) is 5.82 Å². The van der Waals surface area contributed by atoms with Crippen molar-refractivity contribution in [3.63, 3.8) is 0 Å². The number of nitrogens with one attached hydrogen (secondary N) is 2. The SMILES string of the molecule is C[C@@H](Sc1nnc(-c2ccccc2F)o1)C(=O)NC(=O)NC(C)(C)C. The average Bonchev–Trinajstić information content (AvgIpc) is 2.93. The fraction of sp³-hybridized carbons (Fsp3) is 0.375. The molecule has 0 fully saturated rings. The molecule has 2 rings (SSSR count). The summed E-state index contributed by atoms with van der Waals surface area (Å²) in [6.07, 6.45) is 0. The fourth-order valence-electron chi connectivity index (χ4n) is 1.79. The molecular formula is C16H19FN4O3S.